The number of amides is 1. The average Bonchev–Trinajstić information content (AvgIpc) is 2.97. The van der Waals surface area contributed by atoms with Crippen LogP contribution < -0.4 is 10.6 Å². The van der Waals surface area contributed by atoms with E-state index in [1.165, 1.54) is 6.26 Å². The first-order valence-electron chi connectivity index (χ1n) is 8.05. The number of carbonyl (C=O) groups is 1. The summed E-state index contributed by atoms with van der Waals surface area (Å²) in [5.74, 6) is 1.68. The Labute approximate surface area is 143 Å². The Balaban J connectivity index is 1.63. The van der Waals surface area contributed by atoms with E-state index in [0.717, 1.165) is 12.8 Å². The van der Waals surface area contributed by atoms with Crippen molar-refractivity contribution in [2.75, 3.05) is 5.32 Å². The largest absolute Gasteiger partial charge is 0.445 e. The molecule has 0 bridgehead atoms. The summed E-state index contributed by atoms with van der Waals surface area (Å²) < 4.78 is 10.7. The number of nitrogens with zero attached hydrogens (tertiary/aromatic N) is 4. The van der Waals surface area contributed by atoms with Crippen molar-refractivity contribution in [2.45, 2.75) is 45.7 Å². The second kappa shape index (κ2) is 5.54. The normalized spacial score (nSPS) is 15.3. The Morgan fingerprint density at radius 3 is 2.76 bits per heavy atom. The molecule has 0 atom stereocenters. The molecule has 25 heavy (non-hydrogen) atoms. The van der Waals surface area contributed by atoms with E-state index in [2.05, 4.69) is 37.7 Å². The van der Waals surface area contributed by atoms with Crippen LogP contribution in [-0.2, 0) is 6.54 Å². The smallest absolute Gasteiger partial charge is 0.255 e. The highest BCUT2D eigenvalue weighted by atomic mass is 16.4. The summed E-state index contributed by atoms with van der Waals surface area (Å²) in [7, 11) is 0. The fraction of sp³-hybridized carbons (Fsp3) is 0.438. The van der Waals surface area contributed by atoms with Gasteiger partial charge in [-0.05, 0) is 26.7 Å². The molecule has 130 valence electrons. The van der Waals surface area contributed by atoms with Gasteiger partial charge in [0.25, 0.3) is 5.91 Å². The second-order valence-electron chi connectivity index (χ2n) is 6.53. The molecule has 9 heteroatoms. The number of aryl methyl sites for hydroxylation is 2. The number of rotatable bonds is 5. The summed E-state index contributed by atoms with van der Waals surface area (Å²) in [6, 6.07) is 0. The fourth-order valence-corrected chi connectivity index (χ4v) is 2.56. The van der Waals surface area contributed by atoms with Crippen molar-refractivity contribution in [3.05, 3.63) is 29.4 Å². The van der Waals surface area contributed by atoms with Gasteiger partial charge in [-0.15, -0.1) is 10.2 Å². The number of nitrogens with one attached hydrogen (secondary N) is 2. The number of fused-ring (bicyclic) bond motifs is 1. The monoisotopic (exact) mass is 342 g/mol. The van der Waals surface area contributed by atoms with Gasteiger partial charge in [0, 0.05) is 12.5 Å². The van der Waals surface area contributed by atoms with Gasteiger partial charge < -0.3 is 19.5 Å². The van der Waals surface area contributed by atoms with Gasteiger partial charge in [0.15, 0.2) is 0 Å². The lowest BCUT2D eigenvalue weighted by atomic mass is 10.2. The van der Waals surface area contributed by atoms with E-state index in [-0.39, 0.29) is 18.0 Å². The Kier molecular flexibility index (Phi) is 3.45. The number of hydrogen-bond donors (Lipinski definition) is 2. The second-order valence-corrected chi connectivity index (χ2v) is 6.53. The summed E-state index contributed by atoms with van der Waals surface area (Å²) >= 11 is 0. The summed E-state index contributed by atoms with van der Waals surface area (Å²) in [4.78, 5) is 21.3. The van der Waals surface area contributed by atoms with Gasteiger partial charge in [-0.25, -0.2) is 4.98 Å². The van der Waals surface area contributed by atoms with Gasteiger partial charge in [0.05, 0.1) is 17.5 Å². The quantitative estimate of drug-likeness (QED) is 0.723. The summed E-state index contributed by atoms with van der Waals surface area (Å²) in [5, 5.41) is 14.3. The minimum atomic E-state index is -0.314. The van der Waals surface area contributed by atoms with E-state index in [1.54, 1.807) is 13.8 Å². The van der Waals surface area contributed by atoms with Crippen LogP contribution in [-0.4, -0.2) is 31.6 Å². The Bertz CT molecular complexity index is 956. The summed E-state index contributed by atoms with van der Waals surface area (Å²) in [6.07, 6.45) is 3.52. The maximum Gasteiger partial charge on any atom is 0.255 e. The van der Waals surface area contributed by atoms with Gasteiger partial charge >= 0.3 is 0 Å². The summed E-state index contributed by atoms with van der Waals surface area (Å²) in [6.45, 7) is 5.74. The Hall–Kier alpha value is -2.97. The minimum absolute atomic E-state index is 0.0139. The molecule has 2 N–H and O–H groups in total. The van der Waals surface area contributed by atoms with Crippen LogP contribution in [0.1, 0.15) is 47.7 Å². The van der Waals surface area contributed by atoms with E-state index in [9.17, 15) is 4.79 Å². The molecule has 3 aromatic rings. The van der Waals surface area contributed by atoms with Gasteiger partial charge in [-0.3, -0.25) is 4.79 Å². The van der Waals surface area contributed by atoms with Crippen LogP contribution in [0, 0.1) is 13.8 Å². The average molecular weight is 342 g/mol. The van der Waals surface area contributed by atoms with Crippen molar-refractivity contribution in [1.29, 1.82) is 0 Å². The molecule has 0 unspecified atom stereocenters. The molecule has 1 aliphatic carbocycles. The SMILES string of the molecule is Cc1nc(NC2(C)CC2)c2c(C(=O)NCc3nnc(C)o3)coc2n1. The molecule has 0 aliphatic heterocycles. The molecular formula is C16H18N6O3. The number of aromatic nitrogens is 4. The number of carbonyl (C=O) groups excluding carboxylic acids is 1. The number of anilines is 1. The predicted molar refractivity (Wildman–Crippen MR) is 88.0 cm³/mol. The van der Waals surface area contributed by atoms with E-state index in [1.807, 2.05) is 0 Å². The van der Waals surface area contributed by atoms with Crippen molar-refractivity contribution in [1.82, 2.24) is 25.5 Å². The van der Waals surface area contributed by atoms with Crippen LogP contribution in [0.3, 0.4) is 0 Å². The molecule has 1 amide bonds. The topological polar surface area (TPSA) is 119 Å². The highest BCUT2D eigenvalue weighted by Gasteiger charge is 2.38. The zero-order chi connectivity index (χ0) is 17.6. The first kappa shape index (κ1) is 15.6. The molecule has 0 saturated heterocycles. The molecule has 0 spiro atoms. The maximum absolute atomic E-state index is 12.6. The maximum atomic E-state index is 12.6. The predicted octanol–water partition coefficient (Wildman–Crippen LogP) is 2.12. The zero-order valence-electron chi connectivity index (χ0n) is 14.2. The van der Waals surface area contributed by atoms with E-state index < -0.39 is 0 Å². The van der Waals surface area contributed by atoms with E-state index in [0.29, 0.717) is 40.1 Å². The van der Waals surface area contributed by atoms with Crippen molar-refractivity contribution in [3.8, 4) is 0 Å². The van der Waals surface area contributed by atoms with Gasteiger partial charge in [-0.2, -0.15) is 4.98 Å². The highest BCUT2D eigenvalue weighted by Crippen LogP contribution is 2.39. The van der Waals surface area contributed by atoms with Gasteiger partial charge in [0.1, 0.15) is 17.9 Å². The molecular weight excluding hydrogens is 324 g/mol. The third kappa shape index (κ3) is 3.04. The van der Waals surface area contributed by atoms with Crippen molar-refractivity contribution >= 4 is 22.8 Å². The lowest BCUT2D eigenvalue weighted by molar-refractivity contribution is 0.0948. The van der Waals surface area contributed by atoms with Crippen LogP contribution in [0.4, 0.5) is 5.82 Å². The first-order valence-corrected chi connectivity index (χ1v) is 8.05. The fourth-order valence-electron chi connectivity index (χ4n) is 2.56. The zero-order valence-corrected chi connectivity index (χ0v) is 14.2. The molecule has 1 saturated carbocycles. The molecule has 1 fully saturated rings. The molecule has 4 rings (SSSR count). The summed E-state index contributed by atoms with van der Waals surface area (Å²) in [5.41, 5.74) is 0.774. The third-order valence-corrected chi connectivity index (χ3v) is 4.18. The van der Waals surface area contributed by atoms with Crippen LogP contribution in [0.2, 0.25) is 0 Å². The standard InChI is InChI=1S/C16H18N6O3/c1-8-18-13(20-16(3)4-5-16)12-10(7-24-15(12)19-8)14(23)17-6-11-22-21-9(2)25-11/h7H,4-6H2,1-3H3,(H,17,23)(H,18,19,20). The van der Waals surface area contributed by atoms with Gasteiger partial charge in [-0.1, -0.05) is 0 Å². The number of furan rings is 1. The van der Waals surface area contributed by atoms with Crippen LogP contribution >= 0.6 is 0 Å². The first-order chi connectivity index (χ1) is 11.9. The Morgan fingerprint density at radius 2 is 2.08 bits per heavy atom. The van der Waals surface area contributed by atoms with Crippen LogP contribution in [0.5, 0.6) is 0 Å². The Morgan fingerprint density at radius 1 is 1.28 bits per heavy atom. The van der Waals surface area contributed by atoms with Gasteiger partial charge in [0.2, 0.25) is 17.5 Å². The minimum Gasteiger partial charge on any atom is -0.445 e. The third-order valence-electron chi connectivity index (χ3n) is 4.18. The number of hydrogen-bond acceptors (Lipinski definition) is 8. The molecule has 3 heterocycles. The lowest BCUT2D eigenvalue weighted by Gasteiger charge is -2.13. The van der Waals surface area contributed by atoms with E-state index >= 15 is 0 Å². The molecule has 9 nitrogen and oxygen atoms in total. The molecule has 1 aliphatic rings. The van der Waals surface area contributed by atoms with Crippen molar-refractivity contribution in [2.24, 2.45) is 0 Å². The lowest BCUT2D eigenvalue weighted by Crippen LogP contribution is -2.23. The van der Waals surface area contributed by atoms with Crippen molar-refractivity contribution < 1.29 is 13.6 Å². The highest BCUT2D eigenvalue weighted by molar-refractivity contribution is 6.08. The molecule has 0 aromatic carbocycles. The van der Waals surface area contributed by atoms with Crippen LogP contribution in [0.15, 0.2) is 15.1 Å². The van der Waals surface area contributed by atoms with Crippen molar-refractivity contribution in [3.63, 3.8) is 0 Å². The van der Waals surface area contributed by atoms with Crippen LogP contribution in [0.25, 0.3) is 11.1 Å². The molecule has 3 aromatic heterocycles. The van der Waals surface area contributed by atoms with E-state index in [4.69, 9.17) is 8.83 Å². The molecule has 0 radical (unpaired) electrons.